The Balaban J connectivity index is 1.86. The Morgan fingerprint density at radius 3 is 2.80 bits per heavy atom. The summed E-state index contributed by atoms with van der Waals surface area (Å²) in [5.41, 5.74) is 0.290. The van der Waals surface area contributed by atoms with Gasteiger partial charge in [-0.2, -0.15) is 0 Å². The number of nitrogens with one attached hydrogen (secondary N) is 2. The van der Waals surface area contributed by atoms with Crippen molar-refractivity contribution < 1.29 is 24.2 Å². The van der Waals surface area contributed by atoms with E-state index in [1.165, 1.54) is 12.1 Å². The summed E-state index contributed by atoms with van der Waals surface area (Å²) in [6, 6.07) is 5.73. The Kier molecular flexibility index (Phi) is 4.91. The largest absolute Gasteiger partial charge is 0.478 e. The first-order valence-electron chi connectivity index (χ1n) is 6.23. The molecule has 1 atom stereocenters. The first-order valence-corrected chi connectivity index (χ1v) is 6.23. The van der Waals surface area contributed by atoms with Crippen LogP contribution in [0.2, 0.25) is 0 Å². The van der Waals surface area contributed by atoms with E-state index in [1.807, 2.05) is 0 Å². The summed E-state index contributed by atoms with van der Waals surface area (Å²) in [6.45, 7) is 1.82. The van der Waals surface area contributed by atoms with E-state index >= 15 is 0 Å². The normalized spacial score (nSPS) is 18.3. The van der Waals surface area contributed by atoms with Crippen LogP contribution < -0.4 is 10.6 Å². The van der Waals surface area contributed by atoms with Gasteiger partial charge in [0.05, 0.1) is 37.2 Å². The van der Waals surface area contributed by atoms with Gasteiger partial charge in [0, 0.05) is 6.54 Å². The number of urea groups is 1. The van der Waals surface area contributed by atoms with Gasteiger partial charge in [0.15, 0.2) is 0 Å². The topological polar surface area (TPSA) is 96.9 Å². The lowest BCUT2D eigenvalue weighted by molar-refractivity contribution is -0.0852. The molecule has 0 spiro atoms. The maximum atomic E-state index is 11.7. The molecular formula is C13H16N2O5. The second-order valence-electron chi connectivity index (χ2n) is 4.25. The second-order valence-corrected chi connectivity index (χ2v) is 4.25. The number of hydrogen-bond acceptors (Lipinski definition) is 4. The number of ether oxygens (including phenoxy) is 2. The molecule has 0 aromatic heterocycles. The van der Waals surface area contributed by atoms with Crippen LogP contribution in [0.15, 0.2) is 24.3 Å². The summed E-state index contributed by atoms with van der Waals surface area (Å²) in [6.07, 6.45) is -0.177. The number of amides is 2. The van der Waals surface area contributed by atoms with Gasteiger partial charge < -0.3 is 25.2 Å². The summed E-state index contributed by atoms with van der Waals surface area (Å²) in [5.74, 6) is -1.09. The van der Waals surface area contributed by atoms with E-state index in [9.17, 15) is 9.59 Å². The monoisotopic (exact) mass is 280 g/mol. The van der Waals surface area contributed by atoms with Crippen LogP contribution in [0, 0.1) is 0 Å². The molecule has 20 heavy (non-hydrogen) atoms. The van der Waals surface area contributed by atoms with Crippen molar-refractivity contribution in [2.45, 2.75) is 6.10 Å². The fourth-order valence-corrected chi connectivity index (χ4v) is 1.81. The molecule has 3 N–H and O–H groups in total. The molecule has 0 radical (unpaired) electrons. The molecule has 108 valence electrons. The lowest BCUT2D eigenvalue weighted by Crippen LogP contribution is -2.41. The number of benzene rings is 1. The summed E-state index contributed by atoms with van der Waals surface area (Å²) >= 11 is 0. The average Bonchev–Trinajstić information content (AvgIpc) is 2.46. The molecule has 2 amide bonds. The number of carbonyl (C=O) groups excluding carboxylic acids is 1. The molecule has 1 unspecified atom stereocenters. The van der Waals surface area contributed by atoms with E-state index in [0.29, 0.717) is 26.4 Å². The Labute approximate surface area is 115 Å². The van der Waals surface area contributed by atoms with Crippen molar-refractivity contribution in [3.8, 4) is 0 Å². The van der Waals surface area contributed by atoms with Crippen LogP contribution in [0.4, 0.5) is 10.5 Å². The van der Waals surface area contributed by atoms with Crippen molar-refractivity contribution in [1.82, 2.24) is 5.32 Å². The van der Waals surface area contributed by atoms with E-state index in [1.54, 1.807) is 12.1 Å². The zero-order chi connectivity index (χ0) is 14.4. The number of anilines is 1. The maximum Gasteiger partial charge on any atom is 0.337 e. The van der Waals surface area contributed by atoms with Crippen LogP contribution in [0.3, 0.4) is 0 Å². The molecule has 0 bridgehead atoms. The minimum Gasteiger partial charge on any atom is -0.478 e. The number of carboxylic acid groups (broad SMARTS) is 1. The molecule has 1 aromatic carbocycles. The lowest BCUT2D eigenvalue weighted by atomic mass is 10.2. The number of carboxylic acids is 1. The highest BCUT2D eigenvalue weighted by atomic mass is 16.6. The molecule has 1 fully saturated rings. The third-order valence-corrected chi connectivity index (χ3v) is 2.78. The van der Waals surface area contributed by atoms with Crippen LogP contribution >= 0.6 is 0 Å². The highest BCUT2D eigenvalue weighted by molar-refractivity contribution is 5.99. The van der Waals surface area contributed by atoms with Gasteiger partial charge >= 0.3 is 12.0 Å². The fraction of sp³-hybridized carbons (Fsp3) is 0.385. The first kappa shape index (κ1) is 14.3. The predicted molar refractivity (Wildman–Crippen MR) is 71.0 cm³/mol. The van der Waals surface area contributed by atoms with Crippen molar-refractivity contribution in [2.24, 2.45) is 0 Å². The minimum atomic E-state index is -1.09. The SMILES string of the molecule is O=C(NCC1COCCO1)Nc1ccccc1C(=O)O. The number of para-hydroxylation sites is 1. The van der Waals surface area contributed by atoms with Crippen LogP contribution in [0.5, 0.6) is 0 Å². The number of carbonyl (C=O) groups is 2. The van der Waals surface area contributed by atoms with Crippen molar-refractivity contribution in [3.05, 3.63) is 29.8 Å². The van der Waals surface area contributed by atoms with Crippen LogP contribution in [0.25, 0.3) is 0 Å². The van der Waals surface area contributed by atoms with E-state index in [-0.39, 0.29) is 17.4 Å². The molecule has 1 heterocycles. The molecule has 0 saturated carbocycles. The third-order valence-electron chi connectivity index (χ3n) is 2.78. The maximum absolute atomic E-state index is 11.7. The van der Waals surface area contributed by atoms with E-state index in [0.717, 1.165) is 0 Å². The van der Waals surface area contributed by atoms with Gasteiger partial charge in [-0.05, 0) is 12.1 Å². The molecular weight excluding hydrogens is 264 g/mol. The van der Waals surface area contributed by atoms with Gasteiger partial charge in [0.1, 0.15) is 0 Å². The first-order chi connectivity index (χ1) is 9.66. The smallest absolute Gasteiger partial charge is 0.337 e. The minimum absolute atomic E-state index is 0.0416. The Hall–Kier alpha value is -2.12. The number of rotatable bonds is 4. The molecule has 1 aliphatic rings. The highest BCUT2D eigenvalue weighted by Crippen LogP contribution is 2.14. The van der Waals surface area contributed by atoms with Crippen molar-refractivity contribution >= 4 is 17.7 Å². The van der Waals surface area contributed by atoms with Gasteiger partial charge in [-0.3, -0.25) is 0 Å². The third kappa shape index (κ3) is 3.94. The van der Waals surface area contributed by atoms with Gasteiger partial charge in [0.2, 0.25) is 0 Å². The van der Waals surface area contributed by atoms with E-state index in [4.69, 9.17) is 14.6 Å². The zero-order valence-corrected chi connectivity index (χ0v) is 10.8. The van der Waals surface area contributed by atoms with Gasteiger partial charge in [-0.15, -0.1) is 0 Å². The van der Waals surface area contributed by atoms with Crippen LogP contribution in [-0.4, -0.2) is 49.6 Å². The van der Waals surface area contributed by atoms with Gasteiger partial charge in [-0.1, -0.05) is 12.1 Å². The van der Waals surface area contributed by atoms with E-state index < -0.39 is 12.0 Å². The number of hydrogen-bond donors (Lipinski definition) is 3. The van der Waals surface area contributed by atoms with Crippen LogP contribution in [0.1, 0.15) is 10.4 Å². The Morgan fingerprint density at radius 1 is 1.30 bits per heavy atom. The molecule has 1 saturated heterocycles. The standard InChI is InChI=1S/C13H16N2O5/c16-12(17)10-3-1-2-4-11(10)15-13(18)14-7-9-8-19-5-6-20-9/h1-4,9H,5-8H2,(H,16,17)(H2,14,15,18). The molecule has 7 nitrogen and oxygen atoms in total. The average molecular weight is 280 g/mol. The second kappa shape index (κ2) is 6.88. The van der Waals surface area contributed by atoms with E-state index in [2.05, 4.69) is 10.6 Å². The van der Waals surface area contributed by atoms with Gasteiger partial charge in [0.25, 0.3) is 0 Å². The molecule has 7 heteroatoms. The summed E-state index contributed by atoms with van der Waals surface area (Å²) in [4.78, 5) is 22.7. The molecule has 0 aliphatic carbocycles. The lowest BCUT2D eigenvalue weighted by Gasteiger charge is -2.23. The molecule has 2 rings (SSSR count). The summed E-state index contributed by atoms with van der Waals surface area (Å²) in [5, 5.41) is 14.1. The fourth-order valence-electron chi connectivity index (χ4n) is 1.81. The van der Waals surface area contributed by atoms with Crippen LogP contribution in [-0.2, 0) is 9.47 Å². The molecule has 1 aliphatic heterocycles. The molecule has 1 aromatic rings. The predicted octanol–water partition coefficient (Wildman–Crippen LogP) is 0.922. The van der Waals surface area contributed by atoms with Crippen molar-refractivity contribution in [3.63, 3.8) is 0 Å². The summed E-state index contributed by atoms with van der Waals surface area (Å²) < 4.78 is 10.6. The quantitative estimate of drug-likeness (QED) is 0.762. The Morgan fingerprint density at radius 2 is 2.10 bits per heavy atom. The van der Waals surface area contributed by atoms with Crippen molar-refractivity contribution in [2.75, 3.05) is 31.7 Å². The Bertz CT molecular complexity index is 485. The summed E-state index contributed by atoms with van der Waals surface area (Å²) in [7, 11) is 0. The van der Waals surface area contributed by atoms with Gasteiger partial charge in [-0.25, -0.2) is 9.59 Å². The van der Waals surface area contributed by atoms with Crippen molar-refractivity contribution in [1.29, 1.82) is 0 Å². The zero-order valence-electron chi connectivity index (χ0n) is 10.8. The highest BCUT2D eigenvalue weighted by Gasteiger charge is 2.16. The number of aromatic carboxylic acids is 1.